The lowest BCUT2D eigenvalue weighted by atomic mass is 10.1. The second-order valence-corrected chi connectivity index (χ2v) is 4.47. The minimum Gasteiger partial charge on any atom is -0.457 e. The van der Waals surface area contributed by atoms with E-state index in [1.165, 1.54) is 6.07 Å². The van der Waals surface area contributed by atoms with Crippen molar-refractivity contribution in [3.05, 3.63) is 59.2 Å². The summed E-state index contributed by atoms with van der Waals surface area (Å²) in [5.41, 5.74) is -0.383. The quantitative estimate of drug-likeness (QED) is 0.752. The number of benzene rings is 2. The van der Waals surface area contributed by atoms with Crippen LogP contribution in [0.5, 0.6) is 11.5 Å². The van der Waals surface area contributed by atoms with Crippen molar-refractivity contribution in [3.8, 4) is 11.5 Å². The van der Waals surface area contributed by atoms with Gasteiger partial charge in [-0.05, 0) is 42.3 Å². The van der Waals surface area contributed by atoms with Crippen molar-refractivity contribution in [1.29, 1.82) is 0 Å². The predicted molar refractivity (Wildman–Crippen MR) is 72.7 cm³/mol. The van der Waals surface area contributed by atoms with Gasteiger partial charge in [-0.1, -0.05) is 19.1 Å². The van der Waals surface area contributed by atoms with Gasteiger partial charge >= 0.3 is 6.18 Å². The van der Waals surface area contributed by atoms with Gasteiger partial charge < -0.3 is 4.74 Å². The third-order valence-corrected chi connectivity index (χ3v) is 3.00. The van der Waals surface area contributed by atoms with Gasteiger partial charge in [0.2, 0.25) is 0 Å². The predicted octanol–water partition coefficient (Wildman–Crippen LogP) is 4.87. The summed E-state index contributed by atoms with van der Waals surface area (Å²) >= 11 is 0. The van der Waals surface area contributed by atoms with Crippen molar-refractivity contribution in [2.75, 3.05) is 0 Å². The molecule has 0 atom stereocenters. The van der Waals surface area contributed by atoms with Crippen LogP contribution in [-0.2, 0) is 12.6 Å². The Morgan fingerprint density at radius 1 is 1.10 bits per heavy atom. The van der Waals surface area contributed by atoms with E-state index in [-0.39, 0.29) is 12.0 Å². The van der Waals surface area contributed by atoms with Crippen LogP contribution in [0.1, 0.15) is 28.4 Å². The summed E-state index contributed by atoms with van der Waals surface area (Å²) in [6.07, 6.45) is -3.61. The Bertz CT molecular complexity index is 648. The summed E-state index contributed by atoms with van der Waals surface area (Å²) in [5.74, 6) is 0.502. The molecule has 21 heavy (non-hydrogen) atoms. The molecule has 110 valence electrons. The Balaban J connectivity index is 2.34. The molecule has 0 aliphatic rings. The molecule has 0 N–H and O–H groups in total. The number of aldehydes is 1. The van der Waals surface area contributed by atoms with Gasteiger partial charge in [0.05, 0.1) is 5.56 Å². The third-order valence-electron chi connectivity index (χ3n) is 3.00. The van der Waals surface area contributed by atoms with Gasteiger partial charge in [0.1, 0.15) is 11.5 Å². The summed E-state index contributed by atoms with van der Waals surface area (Å²) in [4.78, 5) is 10.7. The Kier molecular flexibility index (Phi) is 4.31. The third kappa shape index (κ3) is 3.62. The highest BCUT2D eigenvalue weighted by molar-refractivity contribution is 5.78. The lowest BCUT2D eigenvalue weighted by molar-refractivity contribution is -0.137. The maximum absolute atomic E-state index is 12.9. The zero-order chi connectivity index (χ0) is 15.5. The first kappa shape index (κ1) is 15.1. The van der Waals surface area contributed by atoms with Crippen LogP contribution in [0, 0.1) is 0 Å². The number of halogens is 3. The highest BCUT2D eigenvalue weighted by Gasteiger charge is 2.33. The largest absolute Gasteiger partial charge is 0.457 e. The van der Waals surface area contributed by atoms with Gasteiger partial charge in [0.25, 0.3) is 0 Å². The molecule has 0 aromatic heterocycles. The molecule has 0 saturated carbocycles. The molecule has 0 unspecified atom stereocenters. The lowest BCUT2D eigenvalue weighted by Gasteiger charge is -2.12. The van der Waals surface area contributed by atoms with E-state index in [1.807, 2.05) is 13.0 Å². The Morgan fingerprint density at radius 2 is 1.81 bits per heavy atom. The second-order valence-electron chi connectivity index (χ2n) is 4.47. The molecule has 5 heteroatoms. The van der Waals surface area contributed by atoms with Crippen molar-refractivity contribution in [1.82, 2.24) is 0 Å². The fourth-order valence-electron chi connectivity index (χ4n) is 1.91. The first-order chi connectivity index (χ1) is 9.94. The van der Waals surface area contributed by atoms with Crippen molar-refractivity contribution in [2.24, 2.45) is 0 Å². The Hall–Kier alpha value is -2.30. The minimum atomic E-state index is -4.60. The molecule has 0 fully saturated rings. The second kappa shape index (κ2) is 5.99. The van der Waals surface area contributed by atoms with E-state index in [4.69, 9.17) is 4.74 Å². The molecule has 2 aromatic rings. The number of carbonyl (C=O) groups excluding carboxylic acids is 1. The summed E-state index contributed by atoms with van der Waals surface area (Å²) in [6.45, 7) is 1.97. The van der Waals surface area contributed by atoms with Gasteiger partial charge in [-0.15, -0.1) is 0 Å². The smallest absolute Gasteiger partial charge is 0.417 e. The molecular formula is C16H13F3O2. The van der Waals surface area contributed by atoms with Gasteiger partial charge in [-0.3, -0.25) is 4.79 Å². The summed E-state index contributed by atoms with van der Waals surface area (Å²) in [6, 6.07) is 10.4. The van der Waals surface area contributed by atoms with Crippen LogP contribution >= 0.6 is 0 Å². The van der Waals surface area contributed by atoms with E-state index >= 15 is 0 Å². The van der Waals surface area contributed by atoms with Crippen molar-refractivity contribution in [3.63, 3.8) is 0 Å². The molecule has 0 aliphatic carbocycles. The zero-order valence-corrected chi connectivity index (χ0v) is 11.3. The molecule has 0 saturated heterocycles. The van der Waals surface area contributed by atoms with Crippen molar-refractivity contribution < 1.29 is 22.7 Å². The van der Waals surface area contributed by atoms with Crippen molar-refractivity contribution in [2.45, 2.75) is 19.5 Å². The van der Waals surface area contributed by atoms with E-state index in [2.05, 4.69) is 0 Å². The molecule has 2 rings (SSSR count). The molecule has 0 bridgehead atoms. The van der Waals surface area contributed by atoms with Crippen LogP contribution in [0.3, 0.4) is 0 Å². The number of alkyl halides is 3. The lowest BCUT2D eigenvalue weighted by Crippen LogP contribution is -2.09. The average molecular weight is 294 g/mol. The van der Waals surface area contributed by atoms with E-state index in [0.717, 1.165) is 24.1 Å². The molecule has 0 heterocycles. The highest BCUT2D eigenvalue weighted by atomic mass is 19.4. The van der Waals surface area contributed by atoms with Gasteiger partial charge in [0, 0.05) is 5.56 Å². The number of hydrogen-bond donors (Lipinski definition) is 0. The number of rotatable bonds is 4. The van der Waals surface area contributed by atoms with Crippen LogP contribution in [-0.4, -0.2) is 6.29 Å². The Labute approximate surface area is 120 Å². The van der Waals surface area contributed by atoms with E-state index in [0.29, 0.717) is 5.75 Å². The zero-order valence-electron chi connectivity index (χ0n) is 11.3. The molecule has 0 spiro atoms. The SMILES string of the molecule is CCc1cccc(Oc2ccc(C=O)c(C(F)(F)F)c2)c1. The van der Waals surface area contributed by atoms with Crippen LogP contribution in [0.25, 0.3) is 0 Å². The monoisotopic (exact) mass is 294 g/mol. The van der Waals surface area contributed by atoms with Crippen LogP contribution < -0.4 is 4.74 Å². The number of carbonyl (C=O) groups is 1. The van der Waals surface area contributed by atoms with Crippen molar-refractivity contribution >= 4 is 6.29 Å². The molecule has 2 nitrogen and oxygen atoms in total. The number of aryl methyl sites for hydroxylation is 1. The molecule has 0 amide bonds. The molecule has 0 aliphatic heterocycles. The van der Waals surface area contributed by atoms with Gasteiger partial charge in [0.15, 0.2) is 6.29 Å². The van der Waals surface area contributed by atoms with E-state index in [1.54, 1.807) is 18.2 Å². The maximum atomic E-state index is 12.9. The molecule has 0 radical (unpaired) electrons. The van der Waals surface area contributed by atoms with Gasteiger partial charge in [-0.25, -0.2) is 0 Å². The molecule has 2 aromatic carbocycles. The average Bonchev–Trinajstić information content (AvgIpc) is 2.46. The van der Waals surface area contributed by atoms with Crippen LogP contribution in [0.2, 0.25) is 0 Å². The van der Waals surface area contributed by atoms with E-state index in [9.17, 15) is 18.0 Å². The number of ether oxygens (including phenoxy) is 1. The topological polar surface area (TPSA) is 26.3 Å². The Morgan fingerprint density at radius 3 is 2.43 bits per heavy atom. The number of hydrogen-bond acceptors (Lipinski definition) is 2. The summed E-state index contributed by atoms with van der Waals surface area (Å²) < 4.78 is 44.0. The van der Waals surface area contributed by atoms with Crippen LogP contribution in [0.4, 0.5) is 13.2 Å². The highest BCUT2D eigenvalue weighted by Crippen LogP contribution is 2.35. The van der Waals surface area contributed by atoms with E-state index < -0.39 is 17.3 Å². The summed E-state index contributed by atoms with van der Waals surface area (Å²) in [7, 11) is 0. The minimum absolute atomic E-state index is 0.0428. The van der Waals surface area contributed by atoms with Gasteiger partial charge in [-0.2, -0.15) is 13.2 Å². The first-order valence-corrected chi connectivity index (χ1v) is 6.37. The standard InChI is InChI=1S/C16H13F3O2/c1-2-11-4-3-5-13(8-11)21-14-7-6-12(10-20)15(9-14)16(17,18)19/h3-10H,2H2,1H3. The summed E-state index contributed by atoms with van der Waals surface area (Å²) in [5, 5.41) is 0. The first-order valence-electron chi connectivity index (χ1n) is 6.37. The fourth-order valence-corrected chi connectivity index (χ4v) is 1.91. The van der Waals surface area contributed by atoms with Crippen LogP contribution in [0.15, 0.2) is 42.5 Å². The molecular weight excluding hydrogens is 281 g/mol. The normalized spacial score (nSPS) is 11.2. The fraction of sp³-hybridized carbons (Fsp3) is 0.188. The maximum Gasteiger partial charge on any atom is 0.417 e.